The van der Waals surface area contributed by atoms with E-state index in [1.54, 1.807) is 0 Å². The minimum Gasteiger partial charge on any atom is -0.381 e. The number of carbonyl (C=O) groups excluding carboxylic acids is 1. The molecule has 0 bridgehead atoms. The number of nitrogens with zero attached hydrogens (tertiary/aromatic N) is 3. The van der Waals surface area contributed by atoms with Gasteiger partial charge in [0.15, 0.2) is 5.96 Å². The molecule has 0 spiro atoms. The number of benzene rings is 1. The second-order valence-electron chi connectivity index (χ2n) is 8.77. The van der Waals surface area contributed by atoms with E-state index in [0.717, 1.165) is 76.8 Å². The summed E-state index contributed by atoms with van der Waals surface area (Å²) in [5.74, 6) is 2.81. The fourth-order valence-electron chi connectivity index (χ4n) is 5.15. The molecule has 170 valence electrons. The molecule has 3 aliphatic heterocycles. The molecule has 3 aliphatic rings. The molecule has 0 saturated carbocycles. The van der Waals surface area contributed by atoms with Crippen LogP contribution in [0.4, 0.5) is 5.69 Å². The van der Waals surface area contributed by atoms with Gasteiger partial charge in [0.25, 0.3) is 0 Å². The molecule has 4 rings (SSSR count). The van der Waals surface area contributed by atoms with Crippen LogP contribution in [0.15, 0.2) is 29.3 Å². The average Bonchev–Trinajstić information content (AvgIpc) is 3.37. The normalized spacial score (nSPS) is 23.4. The van der Waals surface area contributed by atoms with Crippen molar-refractivity contribution >= 4 is 29.3 Å². The van der Waals surface area contributed by atoms with Crippen LogP contribution in [0.5, 0.6) is 0 Å². The van der Waals surface area contributed by atoms with Gasteiger partial charge < -0.3 is 19.9 Å². The molecule has 0 radical (unpaired) electrons. The molecule has 1 unspecified atom stereocenters. The zero-order chi connectivity index (χ0) is 21.7. The van der Waals surface area contributed by atoms with E-state index >= 15 is 0 Å². The Morgan fingerprint density at radius 1 is 1.32 bits per heavy atom. The number of likely N-dealkylation sites (tertiary alicyclic amines) is 1. The van der Waals surface area contributed by atoms with Gasteiger partial charge in [-0.05, 0) is 43.1 Å². The molecule has 2 fully saturated rings. The summed E-state index contributed by atoms with van der Waals surface area (Å²) < 4.78 is 5.85. The van der Waals surface area contributed by atoms with Crippen LogP contribution in [-0.2, 0) is 9.53 Å². The molecule has 1 amide bonds. The van der Waals surface area contributed by atoms with Gasteiger partial charge in [-0.25, -0.2) is 0 Å². The van der Waals surface area contributed by atoms with E-state index in [1.165, 1.54) is 11.3 Å². The molecule has 7 heteroatoms. The number of anilines is 1. The Balaban J connectivity index is 1.44. The summed E-state index contributed by atoms with van der Waals surface area (Å²) in [7, 11) is 1.88. The van der Waals surface area contributed by atoms with Gasteiger partial charge in [-0.3, -0.25) is 9.79 Å². The number of ether oxygens (including phenoxy) is 1. The first-order valence-corrected chi connectivity index (χ1v) is 12.7. The lowest BCUT2D eigenvalue weighted by Crippen LogP contribution is -2.49. The summed E-state index contributed by atoms with van der Waals surface area (Å²) in [5, 5.41) is 3.71. The monoisotopic (exact) mass is 444 g/mol. The molecule has 31 heavy (non-hydrogen) atoms. The van der Waals surface area contributed by atoms with Crippen molar-refractivity contribution in [1.82, 2.24) is 10.2 Å². The predicted molar refractivity (Wildman–Crippen MR) is 129 cm³/mol. The zero-order valence-corrected chi connectivity index (χ0v) is 19.8. The third kappa shape index (κ3) is 5.03. The van der Waals surface area contributed by atoms with E-state index in [9.17, 15) is 4.79 Å². The molecule has 1 aromatic rings. The smallest absolute Gasteiger partial charge is 0.222 e. The van der Waals surface area contributed by atoms with Crippen LogP contribution in [0.1, 0.15) is 50.5 Å². The van der Waals surface area contributed by atoms with E-state index in [-0.39, 0.29) is 4.75 Å². The SMILES string of the molecule is CCSC1(CNC(=NC)N2CC(CCN3CCCC3=O)c3ccccc32)CCOCC1. The number of hydrogen-bond donors (Lipinski definition) is 1. The minimum atomic E-state index is 0.220. The zero-order valence-electron chi connectivity index (χ0n) is 18.9. The Labute approximate surface area is 190 Å². The van der Waals surface area contributed by atoms with Crippen molar-refractivity contribution in [3.05, 3.63) is 29.8 Å². The van der Waals surface area contributed by atoms with Crippen LogP contribution in [0.25, 0.3) is 0 Å². The van der Waals surface area contributed by atoms with Crippen LogP contribution >= 0.6 is 11.8 Å². The largest absolute Gasteiger partial charge is 0.381 e. The first-order valence-electron chi connectivity index (χ1n) is 11.7. The Bertz CT molecular complexity index is 788. The standard InChI is InChI=1S/C24H36N4O2S/c1-3-31-24(11-15-30-16-12-24)18-26-23(25-2)28-17-19(20-7-4-5-8-21(20)28)10-14-27-13-6-9-22(27)29/h4-5,7-8,19H,3,6,9-18H2,1-2H3,(H,25,26). The van der Waals surface area contributed by atoms with E-state index in [0.29, 0.717) is 18.2 Å². The number of para-hydroxylation sites is 1. The van der Waals surface area contributed by atoms with Gasteiger partial charge in [-0.2, -0.15) is 11.8 Å². The number of thioether (sulfide) groups is 1. The van der Waals surface area contributed by atoms with Crippen molar-refractivity contribution < 1.29 is 9.53 Å². The van der Waals surface area contributed by atoms with Gasteiger partial charge in [0.05, 0.1) is 0 Å². The number of amides is 1. The molecule has 1 atom stereocenters. The number of fused-ring (bicyclic) bond motifs is 1. The van der Waals surface area contributed by atoms with Crippen molar-refractivity contribution in [2.45, 2.75) is 49.7 Å². The van der Waals surface area contributed by atoms with Crippen LogP contribution in [0, 0.1) is 0 Å². The highest BCUT2D eigenvalue weighted by atomic mass is 32.2. The topological polar surface area (TPSA) is 57.2 Å². The number of rotatable bonds is 7. The number of aliphatic imine (C=N–C) groups is 1. The van der Waals surface area contributed by atoms with E-state index in [4.69, 9.17) is 4.74 Å². The average molecular weight is 445 g/mol. The second-order valence-corrected chi connectivity index (χ2v) is 10.5. The summed E-state index contributed by atoms with van der Waals surface area (Å²) in [4.78, 5) is 21.1. The Morgan fingerprint density at radius 2 is 2.13 bits per heavy atom. The fourth-order valence-corrected chi connectivity index (χ4v) is 6.39. The van der Waals surface area contributed by atoms with Gasteiger partial charge in [0, 0.05) is 69.2 Å². The molecular formula is C24H36N4O2S. The highest BCUT2D eigenvalue weighted by Crippen LogP contribution is 2.39. The van der Waals surface area contributed by atoms with E-state index in [2.05, 4.69) is 46.4 Å². The molecule has 3 heterocycles. The van der Waals surface area contributed by atoms with Crippen molar-refractivity contribution in [2.75, 3.05) is 57.1 Å². The van der Waals surface area contributed by atoms with Gasteiger partial charge >= 0.3 is 0 Å². The van der Waals surface area contributed by atoms with Gasteiger partial charge in [-0.1, -0.05) is 25.1 Å². The van der Waals surface area contributed by atoms with E-state index < -0.39 is 0 Å². The maximum absolute atomic E-state index is 12.0. The maximum atomic E-state index is 12.0. The Kier molecular flexibility index (Phi) is 7.43. The molecule has 2 saturated heterocycles. The fraction of sp³-hybridized carbons (Fsp3) is 0.667. The van der Waals surface area contributed by atoms with Crippen molar-refractivity contribution in [1.29, 1.82) is 0 Å². The highest BCUT2D eigenvalue weighted by Gasteiger charge is 2.35. The lowest BCUT2D eigenvalue weighted by atomic mass is 9.98. The van der Waals surface area contributed by atoms with Crippen LogP contribution in [0.2, 0.25) is 0 Å². The highest BCUT2D eigenvalue weighted by molar-refractivity contribution is 8.00. The predicted octanol–water partition coefficient (Wildman–Crippen LogP) is 3.48. The first kappa shape index (κ1) is 22.5. The molecular weight excluding hydrogens is 408 g/mol. The molecule has 6 nitrogen and oxygen atoms in total. The summed E-state index contributed by atoms with van der Waals surface area (Å²) in [5.41, 5.74) is 2.62. The lowest BCUT2D eigenvalue weighted by Gasteiger charge is -2.37. The third-order valence-corrected chi connectivity index (χ3v) is 8.33. The quantitative estimate of drug-likeness (QED) is 0.515. The van der Waals surface area contributed by atoms with Gasteiger partial charge in [0.2, 0.25) is 5.91 Å². The van der Waals surface area contributed by atoms with Crippen molar-refractivity contribution in [2.24, 2.45) is 4.99 Å². The third-order valence-electron chi connectivity index (χ3n) is 6.88. The second kappa shape index (κ2) is 10.3. The maximum Gasteiger partial charge on any atom is 0.222 e. The van der Waals surface area contributed by atoms with Gasteiger partial charge in [0.1, 0.15) is 0 Å². The molecule has 0 aromatic heterocycles. The summed E-state index contributed by atoms with van der Waals surface area (Å²) in [6, 6.07) is 8.68. The summed E-state index contributed by atoms with van der Waals surface area (Å²) in [6.07, 6.45) is 4.89. The van der Waals surface area contributed by atoms with Crippen molar-refractivity contribution in [3.63, 3.8) is 0 Å². The Morgan fingerprint density at radius 3 is 2.84 bits per heavy atom. The van der Waals surface area contributed by atoms with Crippen LogP contribution in [-0.4, -0.2) is 73.7 Å². The minimum absolute atomic E-state index is 0.220. The molecule has 0 aliphatic carbocycles. The number of hydrogen-bond acceptors (Lipinski definition) is 4. The molecule has 1 aromatic carbocycles. The van der Waals surface area contributed by atoms with Gasteiger partial charge in [-0.15, -0.1) is 0 Å². The lowest BCUT2D eigenvalue weighted by molar-refractivity contribution is -0.127. The molecule has 1 N–H and O–H groups in total. The first-order chi connectivity index (χ1) is 15.2. The van der Waals surface area contributed by atoms with E-state index in [1.807, 2.05) is 23.7 Å². The van der Waals surface area contributed by atoms with Crippen LogP contribution in [0.3, 0.4) is 0 Å². The number of guanidine groups is 1. The van der Waals surface area contributed by atoms with Crippen LogP contribution < -0.4 is 10.2 Å². The number of carbonyl (C=O) groups is 1. The Hall–Kier alpha value is -1.73. The summed E-state index contributed by atoms with van der Waals surface area (Å²) >= 11 is 2.05. The van der Waals surface area contributed by atoms with Crippen molar-refractivity contribution in [3.8, 4) is 0 Å². The number of nitrogens with one attached hydrogen (secondary N) is 1. The summed E-state index contributed by atoms with van der Waals surface area (Å²) in [6.45, 7) is 7.53.